The highest BCUT2D eigenvalue weighted by atomic mass is 15.2. The van der Waals surface area contributed by atoms with Gasteiger partial charge in [0.25, 0.3) is 0 Å². The van der Waals surface area contributed by atoms with Crippen LogP contribution in [0.3, 0.4) is 0 Å². The Hall–Kier alpha value is -0.0800. The van der Waals surface area contributed by atoms with Crippen LogP contribution in [0, 0.1) is 5.41 Å². The van der Waals surface area contributed by atoms with E-state index in [-0.39, 0.29) is 0 Å². The molecule has 0 bridgehead atoms. The van der Waals surface area contributed by atoms with Crippen LogP contribution in [-0.4, -0.2) is 37.1 Å². The van der Waals surface area contributed by atoms with Crippen LogP contribution < -0.4 is 5.32 Å². The summed E-state index contributed by atoms with van der Waals surface area (Å²) in [6, 6.07) is 0.784. The van der Waals surface area contributed by atoms with Gasteiger partial charge in [-0.3, -0.25) is 0 Å². The fourth-order valence-electron chi connectivity index (χ4n) is 2.89. The second-order valence-electron chi connectivity index (χ2n) is 6.11. The second kappa shape index (κ2) is 4.84. The van der Waals surface area contributed by atoms with Gasteiger partial charge in [0.15, 0.2) is 0 Å². The highest BCUT2D eigenvalue weighted by Gasteiger charge is 2.25. The van der Waals surface area contributed by atoms with Gasteiger partial charge >= 0.3 is 0 Å². The van der Waals surface area contributed by atoms with Crippen LogP contribution in [0.2, 0.25) is 0 Å². The van der Waals surface area contributed by atoms with Crippen molar-refractivity contribution >= 4 is 0 Å². The first-order valence-corrected chi connectivity index (χ1v) is 6.61. The van der Waals surface area contributed by atoms with Crippen molar-refractivity contribution in [3.63, 3.8) is 0 Å². The number of likely N-dealkylation sites (tertiary alicyclic amines) is 1. The third kappa shape index (κ3) is 3.46. The Labute approximate surface area is 94.4 Å². The van der Waals surface area contributed by atoms with E-state index in [1.807, 2.05) is 0 Å². The zero-order chi connectivity index (χ0) is 10.7. The average Bonchev–Trinajstić information content (AvgIpc) is 2.60. The Bertz CT molecular complexity index is 195. The van der Waals surface area contributed by atoms with Crippen LogP contribution in [0.25, 0.3) is 0 Å². The van der Waals surface area contributed by atoms with Gasteiger partial charge in [0.2, 0.25) is 0 Å². The lowest BCUT2D eigenvalue weighted by Gasteiger charge is -2.25. The Balaban J connectivity index is 1.78. The quantitative estimate of drug-likeness (QED) is 0.752. The molecule has 2 nitrogen and oxygen atoms in total. The normalized spacial score (nSPS) is 32.8. The topological polar surface area (TPSA) is 15.3 Å². The molecule has 88 valence electrons. The molecule has 0 aromatic heterocycles. The number of hydrogen-bond acceptors (Lipinski definition) is 2. The molecule has 1 N–H and O–H groups in total. The predicted molar refractivity (Wildman–Crippen MR) is 65.1 cm³/mol. The minimum atomic E-state index is 0.581. The molecular weight excluding hydrogens is 184 g/mol. The van der Waals surface area contributed by atoms with Gasteiger partial charge in [-0.05, 0) is 57.2 Å². The highest BCUT2D eigenvalue weighted by Crippen LogP contribution is 2.29. The van der Waals surface area contributed by atoms with E-state index >= 15 is 0 Å². The van der Waals surface area contributed by atoms with Crippen LogP contribution in [0.4, 0.5) is 0 Å². The highest BCUT2D eigenvalue weighted by molar-refractivity contribution is 4.81. The summed E-state index contributed by atoms with van der Waals surface area (Å²) < 4.78 is 0. The molecule has 2 heterocycles. The lowest BCUT2D eigenvalue weighted by atomic mass is 9.85. The standard InChI is InChI=1S/C13H26N2/c1-13(2)6-4-9-15(10-7-13)11-12-5-3-8-14-12/h12,14H,3-11H2,1-2H3/t12-/m0/s1. The van der Waals surface area contributed by atoms with Crippen LogP contribution >= 0.6 is 0 Å². The smallest absolute Gasteiger partial charge is 0.0195 e. The molecule has 2 rings (SSSR count). The maximum atomic E-state index is 3.60. The van der Waals surface area contributed by atoms with Gasteiger partial charge in [-0.25, -0.2) is 0 Å². The lowest BCUT2D eigenvalue weighted by Crippen LogP contribution is -2.38. The van der Waals surface area contributed by atoms with Crippen molar-refractivity contribution in [2.24, 2.45) is 5.41 Å². The summed E-state index contributed by atoms with van der Waals surface area (Å²) in [4.78, 5) is 2.68. The molecule has 2 heteroatoms. The Morgan fingerprint density at radius 3 is 2.80 bits per heavy atom. The molecule has 0 aromatic rings. The summed E-state index contributed by atoms with van der Waals surface area (Å²) in [5, 5.41) is 3.60. The SMILES string of the molecule is CC1(C)CCCN(C[C@@H]2CCCN2)CC1. The third-order valence-electron chi connectivity index (χ3n) is 4.07. The first-order valence-electron chi connectivity index (χ1n) is 6.61. The fraction of sp³-hybridized carbons (Fsp3) is 1.00. The molecule has 0 aliphatic carbocycles. The molecule has 2 aliphatic heterocycles. The van der Waals surface area contributed by atoms with Crippen LogP contribution in [0.15, 0.2) is 0 Å². The summed E-state index contributed by atoms with van der Waals surface area (Å²) in [5.41, 5.74) is 0.581. The third-order valence-corrected chi connectivity index (χ3v) is 4.07. The molecule has 0 unspecified atom stereocenters. The fourth-order valence-corrected chi connectivity index (χ4v) is 2.89. The van der Waals surface area contributed by atoms with E-state index in [1.54, 1.807) is 0 Å². The lowest BCUT2D eigenvalue weighted by molar-refractivity contribution is 0.243. The summed E-state index contributed by atoms with van der Waals surface area (Å²) in [5.74, 6) is 0. The van der Waals surface area contributed by atoms with Crippen LogP contribution in [0.1, 0.15) is 46.0 Å². The van der Waals surface area contributed by atoms with Gasteiger partial charge in [-0.2, -0.15) is 0 Å². The van der Waals surface area contributed by atoms with E-state index in [0.29, 0.717) is 5.41 Å². The first-order chi connectivity index (χ1) is 7.16. The van der Waals surface area contributed by atoms with E-state index in [4.69, 9.17) is 0 Å². The molecule has 2 aliphatic rings. The van der Waals surface area contributed by atoms with E-state index in [1.165, 1.54) is 58.3 Å². The predicted octanol–water partition coefficient (Wildman–Crippen LogP) is 2.25. The van der Waals surface area contributed by atoms with E-state index < -0.39 is 0 Å². The van der Waals surface area contributed by atoms with Crippen molar-refractivity contribution in [1.29, 1.82) is 0 Å². The Morgan fingerprint density at radius 2 is 2.07 bits per heavy atom. The van der Waals surface area contributed by atoms with Crippen molar-refractivity contribution in [2.45, 2.75) is 52.0 Å². The summed E-state index contributed by atoms with van der Waals surface area (Å²) in [6.07, 6.45) is 6.94. The molecule has 0 aromatic carbocycles. The maximum absolute atomic E-state index is 3.60. The van der Waals surface area contributed by atoms with E-state index in [0.717, 1.165) is 6.04 Å². The summed E-state index contributed by atoms with van der Waals surface area (Å²) in [6.45, 7) is 10.0. The minimum absolute atomic E-state index is 0.581. The van der Waals surface area contributed by atoms with Gasteiger partial charge in [0.05, 0.1) is 0 Å². The summed E-state index contributed by atoms with van der Waals surface area (Å²) >= 11 is 0. The van der Waals surface area contributed by atoms with Gasteiger partial charge in [-0.1, -0.05) is 13.8 Å². The van der Waals surface area contributed by atoms with Crippen molar-refractivity contribution in [3.8, 4) is 0 Å². The molecule has 15 heavy (non-hydrogen) atoms. The van der Waals surface area contributed by atoms with Crippen LogP contribution in [0.5, 0.6) is 0 Å². The van der Waals surface area contributed by atoms with Gasteiger partial charge < -0.3 is 10.2 Å². The molecule has 0 amide bonds. The Kier molecular flexibility index (Phi) is 3.68. The van der Waals surface area contributed by atoms with Crippen LogP contribution in [-0.2, 0) is 0 Å². The average molecular weight is 210 g/mol. The molecule has 2 saturated heterocycles. The number of nitrogens with one attached hydrogen (secondary N) is 1. The van der Waals surface area contributed by atoms with E-state index in [2.05, 4.69) is 24.1 Å². The minimum Gasteiger partial charge on any atom is -0.313 e. The molecule has 2 fully saturated rings. The first kappa shape index (κ1) is 11.4. The zero-order valence-corrected chi connectivity index (χ0v) is 10.4. The number of hydrogen-bond donors (Lipinski definition) is 1. The zero-order valence-electron chi connectivity index (χ0n) is 10.4. The van der Waals surface area contributed by atoms with Gasteiger partial charge in [0, 0.05) is 12.6 Å². The molecule has 0 radical (unpaired) electrons. The monoisotopic (exact) mass is 210 g/mol. The molecule has 0 spiro atoms. The number of rotatable bonds is 2. The molecular formula is C13H26N2. The molecule has 1 atom stereocenters. The second-order valence-corrected chi connectivity index (χ2v) is 6.11. The Morgan fingerprint density at radius 1 is 1.20 bits per heavy atom. The van der Waals surface area contributed by atoms with Crippen molar-refractivity contribution in [3.05, 3.63) is 0 Å². The number of nitrogens with zero attached hydrogens (tertiary/aromatic N) is 1. The summed E-state index contributed by atoms with van der Waals surface area (Å²) in [7, 11) is 0. The van der Waals surface area contributed by atoms with Crippen molar-refractivity contribution in [1.82, 2.24) is 10.2 Å². The maximum Gasteiger partial charge on any atom is 0.0195 e. The van der Waals surface area contributed by atoms with Crippen molar-refractivity contribution in [2.75, 3.05) is 26.2 Å². The largest absolute Gasteiger partial charge is 0.313 e. The van der Waals surface area contributed by atoms with Gasteiger partial charge in [0.1, 0.15) is 0 Å². The van der Waals surface area contributed by atoms with E-state index in [9.17, 15) is 0 Å². The molecule has 0 saturated carbocycles. The van der Waals surface area contributed by atoms with Crippen molar-refractivity contribution < 1.29 is 0 Å². The van der Waals surface area contributed by atoms with Gasteiger partial charge in [-0.15, -0.1) is 0 Å².